The van der Waals surface area contributed by atoms with Gasteiger partial charge in [-0.05, 0) is 38.5 Å². The van der Waals surface area contributed by atoms with Crippen molar-refractivity contribution >= 4 is 17.7 Å². The van der Waals surface area contributed by atoms with Crippen LogP contribution >= 0.6 is 0 Å². The smallest absolute Gasteiger partial charge is 0.373 e. The predicted molar refractivity (Wildman–Crippen MR) is 108 cm³/mol. The second kappa shape index (κ2) is 8.98. The molecule has 1 aliphatic rings. The number of carbonyl (C=O) groups is 1. The van der Waals surface area contributed by atoms with Gasteiger partial charge in [0.05, 0.1) is 5.56 Å². The van der Waals surface area contributed by atoms with Crippen LogP contribution in [0.15, 0.2) is 6.20 Å². The predicted octanol–water partition coefficient (Wildman–Crippen LogP) is 3.15. The highest BCUT2D eigenvalue weighted by Crippen LogP contribution is 2.44. The number of amides is 1. The monoisotopic (exact) mass is 441 g/mol. The second-order valence-electron chi connectivity index (χ2n) is 7.62. The van der Waals surface area contributed by atoms with E-state index in [2.05, 4.69) is 31.2 Å². The van der Waals surface area contributed by atoms with Gasteiger partial charge in [0.15, 0.2) is 0 Å². The van der Waals surface area contributed by atoms with Crippen LogP contribution in [0.5, 0.6) is 5.88 Å². The molecule has 12 heteroatoms. The largest absolute Gasteiger partial charge is 0.433 e. The van der Waals surface area contributed by atoms with Crippen molar-refractivity contribution in [1.29, 1.82) is 0 Å². The summed E-state index contributed by atoms with van der Waals surface area (Å²) in [5, 5.41) is 10.1. The lowest BCUT2D eigenvalue weighted by Gasteiger charge is -2.30. The number of hydrogen-bond donors (Lipinski definition) is 3. The maximum absolute atomic E-state index is 13.7. The molecule has 0 saturated heterocycles. The highest BCUT2D eigenvalue weighted by atomic mass is 19.4. The zero-order valence-electron chi connectivity index (χ0n) is 17.8. The summed E-state index contributed by atoms with van der Waals surface area (Å²) < 4.78 is 41.9. The first-order chi connectivity index (χ1) is 14.6. The van der Waals surface area contributed by atoms with Crippen LogP contribution in [0, 0.1) is 6.92 Å². The number of aromatic nitrogens is 4. The normalized spacial score (nSPS) is 19.1. The minimum Gasteiger partial charge on any atom is -0.373 e. The highest BCUT2D eigenvalue weighted by Gasteiger charge is 2.43. The van der Waals surface area contributed by atoms with Gasteiger partial charge >= 0.3 is 6.18 Å². The van der Waals surface area contributed by atoms with E-state index in [9.17, 15) is 18.0 Å². The Hall–Kier alpha value is -3.05. The standard InChI is InChI=1S/C19H26F3N7O2/c1-10-9-24-18(26-16(10)23-3)25-13-7-5-12(6-8-13)14-15(19(20,21)22)29(4)27-17(14)31-28-11(2)30/h9,12-13H,5-8H2,1-4H3,(H,28,30)(H2,23,24,25,26). The van der Waals surface area contributed by atoms with Crippen LogP contribution in [-0.4, -0.2) is 38.7 Å². The Balaban J connectivity index is 1.75. The fraction of sp³-hybridized carbons (Fsp3) is 0.579. The first kappa shape index (κ1) is 22.6. The zero-order chi connectivity index (χ0) is 22.8. The molecular weight excluding hydrogens is 415 g/mol. The minimum atomic E-state index is -4.59. The molecule has 2 aromatic heterocycles. The third-order valence-electron chi connectivity index (χ3n) is 5.29. The van der Waals surface area contributed by atoms with Gasteiger partial charge in [0.1, 0.15) is 11.5 Å². The molecule has 0 atom stereocenters. The van der Waals surface area contributed by atoms with E-state index in [0.29, 0.717) is 31.6 Å². The number of nitrogens with zero attached hydrogens (tertiary/aromatic N) is 4. The molecule has 0 bridgehead atoms. The van der Waals surface area contributed by atoms with Crippen molar-refractivity contribution in [3.05, 3.63) is 23.0 Å². The number of hydroxylamine groups is 1. The Morgan fingerprint density at radius 1 is 1.26 bits per heavy atom. The summed E-state index contributed by atoms with van der Waals surface area (Å²) in [6, 6.07) is 0.0365. The van der Waals surface area contributed by atoms with Gasteiger partial charge in [0.25, 0.3) is 5.88 Å². The maximum atomic E-state index is 13.7. The highest BCUT2D eigenvalue weighted by molar-refractivity contribution is 5.71. The average molecular weight is 441 g/mol. The first-order valence-electron chi connectivity index (χ1n) is 9.95. The third kappa shape index (κ3) is 5.17. The molecule has 0 radical (unpaired) electrons. The van der Waals surface area contributed by atoms with Gasteiger partial charge in [-0.15, -0.1) is 5.10 Å². The van der Waals surface area contributed by atoms with E-state index < -0.39 is 23.7 Å². The summed E-state index contributed by atoms with van der Waals surface area (Å²) in [5.74, 6) is 0.0413. The van der Waals surface area contributed by atoms with E-state index in [-0.39, 0.29) is 17.5 Å². The lowest BCUT2D eigenvalue weighted by atomic mass is 9.81. The lowest BCUT2D eigenvalue weighted by molar-refractivity contribution is -0.144. The zero-order valence-corrected chi connectivity index (χ0v) is 17.8. The van der Waals surface area contributed by atoms with Crippen LogP contribution in [0.25, 0.3) is 0 Å². The lowest BCUT2D eigenvalue weighted by Crippen LogP contribution is -2.28. The van der Waals surface area contributed by atoms with Crippen molar-refractivity contribution in [2.45, 2.75) is 57.7 Å². The van der Waals surface area contributed by atoms with Crippen molar-refractivity contribution in [3.8, 4) is 5.88 Å². The topological polar surface area (TPSA) is 106 Å². The van der Waals surface area contributed by atoms with E-state index in [1.807, 2.05) is 6.92 Å². The minimum absolute atomic E-state index is 0.0220. The number of carbonyl (C=O) groups excluding carboxylic acids is 1. The summed E-state index contributed by atoms with van der Waals surface area (Å²) in [6.45, 7) is 3.10. The molecule has 3 N–H and O–H groups in total. The van der Waals surface area contributed by atoms with Gasteiger partial charge in [-0.25, -0.2) is 4.98 Å². The van der Waals surface area contributed by atoms with Gasteiger partial charge in [0, 0.05) is 38.8 Å². The molecule has 9 nitrogen and oxygen atoms in total. The molecule has 1 aliphatic carbocycles. The van der Waals surface area contributed by atoms with Crippen LogP contribution < -0.4 is 21.0 Å². The van der Waals surface area contributed by atoms with Crippen molar-refractivity contribution < 1.29 is 22.8 Å². The first-order valence-corrected chi connectivity index (χ1v) is 9.95. The Kier molecular flexibility index (Phi) is 6.56. The van der Waals surface area contributed by atoms with Crippen molar-refractivity contribution in [2.75, 3.05) is 17.7 Å². The summed E-state index contributed by atoms with van der Waals surface area (Å²) in [7, 11) is 2.99. The van der Waals surface area contributed by atoms with Crippen LogP contribution in [0.2, 0.25) is 0 Å². The maximum Gasteiger partial charge on any atom is 0.433 e. The summed E-state index contributed by atoms with van der Waals surface area (Å²) >= 11 is 0. The van der Waals surface area contributed by atoms with Gasteiger partial charge in [-0.3, -0.25) is 9.48 Å². The number of halogens is 3. The van der Waals surface area contributed by atoms with Gasteiger partial charge < -0.3 is 15.5 Å². The van der Waals surface area contributed by atoms with Crippen molar-refractivity contribution in [1.82, 2.24) is 25.2 Å². The SMILES string of the molecule is CNc1nc(NC2CCC(c3c(ONC(C)=O)nn(C)c3C(F)(F)F)CC2)ncc1C. The molecule has 0 aromatic carbocycles. The molecule has 3 rings (SSSR count). The molecule has 2 aromatic rings. The molecular formula is C19H26F3N7O2. The van der Waals surface area contributed by atoms with Crippen LogP contribution in [-0.2, 0) is 18.0 Å². The van der Waals surface area contributed by atoms with E-state index >= 15 is 0 Å². The van der Waals surface area contributed by atoms with E-state index in [4.69, 9.17) is 4.84 Å². The number of rotatable bonds is 6. The summed E-state index contributed by atoms with van der Waals surface area (Å²) in [5.41, 5.74) is 2.11. The number of aryl methyl sites for hydroxylation is 2. The molecule has 1 amide bonds. The Morgan fingerprint density at radius 3 is 2.52 bits per heavy atom. The Morgan fingerprint density at radius 2 is 1.94 bits per heavy atom. The van der Waals surface area contributed by atoms with E-state index in [1.54, 1.807) is 13.2 Å². The van der Waals surface area contributed by atoms with Crippen LogP contribution in [0.1, 0.15) is 55.3 Å². The third-order valence-corrected chi connectivity index (χ3v) is 5.29. The number of hydrogen-bond acceptors (Lipinski definition) is 7. The second-order valence-corrected chi connectivity index (χ2v) is 7.62. The van der Waals surface area contributed by atoms with Crippen molar-refractivity contribution in [2.24, 2.45) is 7.05 Å². The molecule has 31 heavy (non-hydrogen) atoms. The van der Waals surface area contributed by atoms with E-state index in [1.165, 1.54) is 14.0 Å². The van der Waals surface area contributed by atoms with E-state index in [0.717, 1.165) is 16.1 Å². The molecule has 170 valence electrons. The van der Waals surface area contributed by atoms with Gasteiger partial charge in [0.2, 0.25) is 11.9 Å². The fourth-order valence-corrected chi connectivity index (χ4v) is 3.89. The molecule has 0 unspecified atom stereocenters. The number of nitrogens with one attached hydrogen (secondary N) is 3. The number of anilines is 2. The fourth-order valence-electron chi connectivity index (χ4n) is 3.89. The average Bonchev–Trinajstić information content (AvgIpc) is 3.05. The van der Waals surface area contributed by atoms with Crippen molar-refractivity contribution in [3.63, 3.8) is 0 Å². The molecule has 1 fully saturated rings. The van der Waals surface area contributed by atoms with Gasteiger partial charge in [-0.1, -0.05) is 0 Å². The molecule has 2 heterocycles. The van der Waals surface area contributed by atoms with Crippen LogP contribution in [0.3, 0.4) is 0 Å². The molecule has 1 saturated carbocycles. The Labute approximate surface area is 177 Å². The Bertz CT molecular complexity index is 937. The number of alkyl halides is 3. The summed E-state index contributed by atoms with van der Waals surface area (Å²) in [6.07, 6.45) is -0.640. The molecule has 0 spiro atoms. The quantitative estimate of drug-likeness (QED) is 0.592. The summed E-state index contributed by atoms with van der Waals surface area (Å²) in [4.78, 5) is 24.9. The van der Waals surface area contributed by atoms with Gasteiger partial charge in [-0.2, -0.15) is 23.6 Å². The van der Waals surface area contributed by atoms with Crippen LogP contribution in [0.4, 0.5) is 24.9 Å². The molecule has 0 aliphatic heterocycles.